The van der Waals surface area contributed by atoms with Crippen LogP contribution < -0.4 is 10.2 Å². The zero-order chi connectivity index (χ0) is 20.1. The Morgan fingerprint density at radius 1 is 0.931 bits per heavy atom. The van der Waals surface area contributed by atoms with Gasteiger partial charge in [0.2, 0.25) is 5.91 Å². The van der Waals surface area contributed by atoms with Crippen molar-refractivity contribution >= 4 is 17.3 Å². The summed E-state index contributed by atoms with van der Waals surface area (Å²) in [5.41, 5.74) is 6.46. The minimum Gasteiger partial charge on any atom is -0.378 e. The number of morpholine rings is 1. The number of benzene rings is 3. The Morgan fingerprint density at radius 3 is 2.31 bits per heavy atom. The molecule has 1 heterocycles. The zero-order valence-electron chi connectivity index (χ0n) is 16.7. The number of nitrogens with one attached hydrogen (secondary N) is 1. The summed E-state index contributed by atoms with van der Waals surface area (Å²) in [6.45, 7) is 5.38. The van der Waals surface area contributed by atoms with Crippen molar-refractivity contribution in [3.63, 3.8) is 0 Å². The number of carbonyl (C=O) groups excluding carboxylic acids is 1. The summed E-state index contributed by atoms with van der Waals surface area (Å²) >= 11 is 0. The fraction of sp³-hybridized carbons (Fsp3) is 0.240. The van der Waals surface area contributed by atoms with Crippen molar-refractivity contribution in [1.29, 1.82) is 0 Å². The molecule has 0 atom stereocenters. The van der Waals surface area contributed by atoms with Gasteiger partial charge in [-0.3, -0.25) is 4.79 Å². The molecule has 1 aliphatic rings. The van der Waals surface area contributed by atoms with Gasteiger partial charge in [-0.15, -0.1) is 0 Å². The van der Waals surface area contributed by atoms with Crippen LogP contribution >= 0.6 is 0 Å². The van der Waals surface area contributed by atoms with Crippen LogP contribution in [0.15, 0.2) is 72.8 Å². The minimum atomic E-state index is -0.000293. The second-order valence-corrected chi connectivity index (χ2v) is 7.39. The average Bonchev–Trinajstić information content (AvgIpc) is 2.77. The SMILES string of the molecule is Cc1cc(N2CCOCC2)ccc1NC(=O)Cc1ccc(-c2ccccc2)cc1. The van der Waals surface area contributed by atoms with Crippen LogP contribution in [-0.2, 0) is 16.0 Å². The summed E-state index contributed by atoms with van der Waals surface area (Å²) in [5.74, 6) is -0.000293. The number of amides is 1. The summed E-state index contributed by atoms with van der Waals surface area (Å²) in [6.07, 6.45) is 0.361. The van der Waals surface area contributed by atoms with Crippen LogP contribution in [0.1, 0.15) is 11.1 Å². The predicted octanol–water partition coefficient (Wildman–Crippen LogP) is 4.68. The molecule has 4 nitrogen and oxygen atoms in total. The van der Waals surface area contributed by atoms with E-state index in [1.165, 1.54) is 11.3 Å². The molecule has 0 spiro atoms. The van der Waals surface area contributed by atoms with Crippen LogP contribution in [0.2, 0.25) is 0 Å². The number of rotatable bonds is 5. The Bertz CT molecular complexity index is 962. The summed E-state index contributed by atoms with van der Waals surface area (Å²) in [4.78, 5) is 14.9. The molecule has 1 aliphatic heterocycles. The Labute approximate surface area is 172 Å². The Hall–Kier alpha value is -3.11. The van der Waals surface area contributed by atoms with Crippen LogP contribution in [0.5, 0.6) is 0 Å². The van der Waals surface area contributed by atoms with Crippen molar-refractivity contribution in [3.8, 4) is 11.1 Å². The van der Waals surface area contributed by atoms with Gasteiger partial charge in [-0.1, -0.05) is 54.6 Å². The van der Waals surface area contributed by atoms with Gasteiger partial charge in [0.15, 0.2) is 0 Å². The molecule has 3 aromatic carbocycles. The maximum absolute atomic E-state index is 12.5. The van der Waals surface area contributed by atoms with Crippen molar-refractivity contribution in [2.24, 2.45) is 0 Å². The second kappa shape index (κ2) is 8.93. The third kappa shape index (κ3) is 4.84. The van der Waals surface area contributed by atoms with E-state index >= 15 is 0 Å². The monoisotopic (exact) mass is 386 g/mol. The normalized spacial score (nSPS) is 13.9. The van der Waals surface area contributed by atoms with Crippen LogP contribution in [0.4, 0.5) is 11.4 Å². The second-order valence-electron chi connectivity index (χ2n) is 7.39. The van der Waals surface area contributed by atoms with E-state index in [9.17, 15) is 4.79 Å². The number of carbonyl (C=O) groups is 1. The van der Waals surface area contributed by atoms with Crippen molar-refractivity contribution < 1.29 is 9.53 Å². The lowest BCUT2D eigenvalue weighted by Crippen LogP contribution is -2.36. The lowest BCUT2D eigenvalue weighted by atomic mass is 10.0. The van der Waals surface area contributed by atoms with Gasteiger partial charge >= 0.3 is 0 Å². The number of hydrogen-bond acceptors (Lipinski definition) is 3. The zero-order valence-corrected chi connectivity index (χ0v) is 16.7. The van der Waals surface area contributed by atoms with E-state index in [2.05, 4.69) is 46.6 Å². The first-order valence-electron chi connectivity index (χ1n) is 10.1. The van der Waals surface area contributed by atoms with E-state index in [-0.39, 0.29) is 5.91 Å². The van der Waals surface area contributed by atoms with Gasteiger partial charge in [-0.25, -0.2) is 0 Å². The quantitative estimate of drug-likeness (QED) is 0.692. The number of nitrogens with zero attached hydrogens (tertiary/aromatic N) is 1. The smallest absolute Gasteiger partial charge is 0.228 e. The van der Waals surface area contributed by atoms with E-state index in [1.54, 1.807) is 0 Å². The highest BCUT2D eigenvalue weighted by Gasteiger charge is 2.13. The van der Waals surface area contributed by atoms with Gasteiger partial charge in [-0.05, 0) is 47.4 Å². The molecule has 0 aliphatic carbocycles. The molecular formula is C25H26N2O2. The summed E-state index contributed by atoms with van der Waals surface area (Å²) in [7, 11) is 0. The standard InChI is InChI=1S/C25H26N2O2/c1-19-17-23(27-13-15-29-16-14-27)11-12-24(19)26-25(28)18-20-7-9-22(10-8-20)21-5-3-2-4-6-21/h2-12,17H,13-16,18H2,1H3,(H,26,28). The van der Waals surface area contributed by atoms with Crippen LogP contribution in [0.25, 0.3) is 11.1 Å². The third-order valence-corrected chi connectivity index (χ3v) is 5.29. The van der Waals surface area contributed by atoms with Crippen molar-refractivity contribution in [1.82, 2.24) is 0 Å². The molecule has 4 rings (SSSR count). The average molecular weight is 386 g/mol. The molecule has 0 unspecified atom stereocenters. The van der Waals surface area contributed by atoms with E-state index in [1.807, 2.05) is 43.3 Å². The summed E-state index contributed by atoms with van der Waals surface area (Å²) < 4.78 is 5.42. The molecule has 0 aromatic heterocycles. The Balaban J connectivity index is 1.38. The van der Waals surface area contributed by atoms with Crippen molar-refractivity contribution in [2.45, 2.75) is 13.3 Å². The lowest BCUT2D eigenvalue weighted by molar-refractivity contribution is -0.115. The van der Waals surface area contributed by atoms with E-state index in [4.69, 9.17) is 4.74 Å². The highest BCUT2D eigenvalue weighted by molar-refractivity contribution is 5.93. The van der Waals surface area contributed by atoms with Crippen LogP contribution in [0, 0.1) is 6.92 Å². The summed E-state index contributed by atoms with van der Waals surface area (Å²) in [6, 6.07) is 24.6. The molecule has 1 N–H and O–H groups in total. The first-order valence-corrected chi connectivity index (χ1v) is 10.1. The maximum Gasteiger partial charge on any atom is 0.228 e. The molecule has 0 bridgehead atoms. The van der Waals surface area contributed by atoms with E-state index in [0.29, 0.717) is 6.42 Å². The van der Waals surface area contributed by atoms with Crippen LogP contribution in [0.3, 0.4) is 0 Å². The van der Waals surface area contributed by atoms with Crippen LogP contribution in [-0.4, -0.2) is 32.2 Å². The number of anilines is 2. The number of hydrogen-bond donors (Lipinski definition) is 1. The Morgan fingerprint density at radius 2 is 1.62 bits per heavy atom. The molecule has 0 radical (unpaired) electrons. The topological polar surface area (TPSA) is 41.6 Å². The molecule has 1 amide bonds. The molecule has 1 fully saturated rings. The number of ether oxygens (including phenoxy) is 1. The fourth-order valence-electron chi connectivity index (χ4n) is 3.63. The van der Waals surface area contributed by atoms with Gasteiger partial charge in [0.25, 0.3) is 0 Å². The van der Waals surface area contributed by atoms with Gasteiger partial charge in [-0.2, -0.15) is 0 Å². The molecule has 0 saturated carbocycles. The molecule has 29 heavy (non-hydrogen) atoms. The van der Waals surface area contributed by atoms with Crippen molar-refractivity contribution in [2.75, 3.05) is 36.5 Å². The largest absolute Gasteiger partial charge is 0.378 e. The highest BCUT2D eigenvalue weighted by Crippen LogP contribution is 2.24. The van der Waals surface area contributed by atoms with E-state index < -0.39 is 0 Å². The van der Waals surface area contributed by atoms with Gasteiger partial charge < -0.3 is 15.0 Å². The molecule has 4 heteroatoms. The molecule has 148 valence electrons. The third-order valence-electron chi connectivity index (χ3n) is 5.29. The summed E-state index contributed by atoms with van der Waals surface area (Å²) in [5, 5.41) is 3.05. The molecule has 3 aromatic rings. The molecule has 1 saturated heterocycles. The van der Waals surface area contributed by atoms with Crippen molar-refractivity contribution in [3.05, 3.63) is 83.9 Å². The highest BCUT2D eigenvalue weighted by atomic mass is 16.5. The minimum absolute atomic E-state index is 0.000293. The van der Waals surface area contributed by atoms with E-state index in [0.717, 1.165) is 48.7 Å². The Kier molecular flexibility index (Phi) is 5.92. The predicted molar refractivity (Wildman–Crippen MR) is 118 cm³/mol. The van der Waals surface area contributed by atoms with Gasteiger partial charge in [0.1, 0.15) is 0 Å². The molecular weight excluding hydrogens is 360 g/mol. The first kappa shape index (κ1) is 19.2. The van der Waals surface area contributed by atoms with Gasteiger partial charge in [0, 0.05) is 24.5 Å². The maximum atomic E-state index is 12.5. The first-order chi connectivity index (χ1) is 14.2. The van der Waals surface area contributed by atoms with Gasteiger partial charge in [0.05, 0.1) is 19.6 Å². The fourth-order valence-corrected chi connectivity index (χ4v) is 3.63. The number of aryl methyl sites for hydroxylation is 1. The lowest BCUT2D eigenvalue weighted by Gasteiger charge is -2.29.